The highest BCUT2D eigenvalue weighted by molar-refractivity contribution is 5.81. The van der Waals surface area contributed by atoms with Crippen molar-refractivity contribution in [2.45, 2.75) is 90.3 Å². The SMILES string of the molecule is C=CC(=O)OCCC1(CCOC(O)C=C)CCC(C2CCC(CCC)CC2)CC1. The Morgan fingerprint density at radius 1 is 1.07 bits per heavy atom. The van der Waals surface area contributed by atoms with Gasteiger partial charge >= 0.3 is 5.97 Å². The average Bonchev–Trinajstić information content (AvgIpc) is 2.75. The van der Waals surface area contributed by atoms with Crippen molar-refractivity contribution in [3.63, 3.8) is 0 Å². The van der Waals surface area contributed by atoms with Crippen LogP contribution in [0.2, 0.25) is 0 Å². The standard InChI is InChI=1S/C25H42O4/c1-4-7-20-8-10-21(11-9-20)22-12-14-25(15-13-22,16-18-28-23(26)5-2)17-19-29-24(27)6-3/h5-6,20-23,26H,2-4,7-19H2,1H3. The van der Waals surface area contributed by atoms with Crippen LogP contribution in [0.1, 0.15) is 84.0 Å². The topological polar surface area (TPSA) is 55.8 Å². The zero-order valence-corrected chi connectivity index (χ0v) is 18.4. The predicted octanol–water partition coefficient (Wildman–Crippen LogP) is 5.80. The fourth-order valence-corrected chi connectivity index (χ4v) is 5.60. The summed E-state index contributed by atoms with van der Waals surface area (Å²) in [6.07, 6.45) is 16.7. The molecule has 2 rings (SSSR count). The number of carbonyl (C=O) groups excluding carboxylic acids is 1. The van der Waals surface area contributed by atoms with Crippen LogP contribution in [-0.4, -0.2) is 30.6 Å². The monoisotopic (exact) mass is 406 g/mol. The molecule has 0 bridgehead atoms. The van der Waals surface area contributed by atoms with E-state index in [4.69, 9.17) is 9.47 Å². The molecule has 0 aromatic heterocycles. The molecule has 4 heteroatoms. The average molecular weight is 407 g/mol. The normalized spacial score (nSPS) is 31.0. The van der Waals surface area contributed by atoms with E-state index in [0.29, 0.717) is 13.2 Å². The van der Waals surface area contributed by atoms with E-state index in [2.05, 4.69) is 20.1 Å². The second kappa shape index (κ2) is 12.5. The van der Waals surface area contributed by atoms with Gasteiger partial charge in [-0.05, 0) is 80.6 Å². The molecule has 29 heavy (non-hydrogen) atoms. The molecular weight excluding hydrogens is 364 g/mol. The third kappa shape index (κ3) is 7.90. The molecule has 0 aliphatic heterocycles. The summed E-state index contributed by atoms with van der Waals surface area (Å²) < 4.78 is 10.7. The molecule has 166 valence electrons. The molecule has 0 aromatic carbocycles. The fraction of sp³-hybridized carbons (Fsp3) is 0.800. The Balaban J connectivity index is 1.85. The van der Waals surface area contributed by atoms with E-state index in [-0.39, 0.29) is 11.4 Å². The molecule has 0 radical (unpaired) electrons. The Morgan fingerprint density at radius 2 is 1.69 bits per heavy atom. The van der Waals surface area contributed by atoms with Crippen LogP contribution in [-0.2, 0) is 14.3 Å². The maximum atomic E-state index is 11.4. The number of esters is 1. The largest absolute Gasteiger partial charge is 0.463 e. The van der Waals surface area contributed by atoms with Crippen molar-refractivity contribution < 1.29 is 19.4 Å². The van der Waals surface area contributed by atoms with E-state index >= 15 is 0 Å². The number of carbonyl (C=O) groups is 1. The molecule has 2 aliphatic rings. The van der Waals surface area contributed by atoms with E-state index in [1.807, 2.05) is 0 Å². The van der Waals surface area contributed by atoms with E-state index < -0.39 is 6.29 Å². The van der Waals surface area contributed by atoms with Gasteiger partial charge in [-0.1, -0.05) is 45.8 Å². The van der Waals surface area contributed by atoms with Gasteiger partial charge in [0.15, 0.2) is 6.29 Å². The van der Waals surface area contributed by atoms with Gasteiger partial charge in [-0.2, -0.15) is 0 Å². The molecule has 0 saturated heterocycles. The lowest BCUT2D eigenvalue weighted by molar-refractivity contribution is -0.139. The van der Waals surface area contributed by atoms with Gasteiger partial charge in [0.1, 0.15) is 0 Å². The summed E-state index contributed by atoms with van der Waals surface area (Å²) in [4.78, 5) is 11.4. The number of hydrogen-bond acceptors (Lipinski definition) is 4. The zero-order chi connectivity index (χ0) is 21.1. The lowest BCUT2D eigenvalue weighted by Crippen LogP contribution is -2.34. The number of rotatable bonds is 12. The number of aliphatic hydroxyl groups is 1. The number of aliphatic hydroxyl groups excluding tert-OH is 1. The van der Waals surface area contributed by atoms with Gasteiger partial charge in [-0.3, -0.25) is 0 Å². The lowest BCUT2D eigenvalue weighted by Gasteiger charge is -2.44. The van der Waals surface area contributed by atoms with Crippen LogP contribution in [0.5, 0.6) is 0 Å². The van der Waals surface area contributed by atoms with Gasteiger partial charge in [-0.25, -0.2) is 4.79 Å². The van der Waals surface area contributed by atoms with Crippen molar-refractivity contribution in [1.29, 1.82) is 0 Å². The highest BCUT2D eigenvalue weighted by Gasteiger charge is 2.38. The first-order chi connectivity index (χ1) is 14.0. The Labute approximate surface area is 177 Å². The Bertz CT molecular complexity index is 499. The number of ether oxygens (including phenoxy) is 2. The maximum Gasteiger partial charge on any atom is 0.330 e. The van der Waals surface area contributed by atoms with Crippen LogP contribution in [0.3, 0.4) is 0 Å². The molecule has 4 nitrogen and oxygen atoms in total. The van der Waals surface area contributed by atoms with E-state index in [0.717, 1.165) is 43.4 Å². The smallest absolute Gasteiger partial charge is 0.330 e. The van der Waals surface area contributed by atoms with E-state index in [9.17, 15) is 9.90 Å². The summed E-state index contributed by atoms with van der Waals surface area (Å²) in [6, 6.07) is 0. The van der Waals surface area contributed by atoms with Crippen LogP contribution in [0.4, 0.5) is 0 Å². The molecule has 1 unspecified atom stereocenters. The molecule has 1 atom stereocenters. The van der Waals surface area contributed by atoms with Crippen LogP contribution in [0.15, 0.2) is 25.3 Å². The summed E-state index contributed by atoms with van der Waals surface area (Å²) in [7, 11) is 0. The molecule has 2 aliphatic carbocycles. The number of hydrogen-bond donors (Lipinski definition) is 1. The first kappa shape index (κ1) is 24.1. The highest BCUT2D eigenvalue weighted by atomic mass is 16.6. The van der Waals surface area contributed by atoms with Gasteiger partial charge in [-0.15, -0.1) is 0 Å². The van der Waals surface area contributed by atoms with E-state index in [1.165, 1.54) is 63.5 Å². The third-order valence-corrected chi connectivity index (χ3v) is 7.51. The predicted molar refractivity (Wildman–Crippen MR) is 117 cm³/mol. The first-order valence-electron chi connectivity index (χ1n) is 11.7. The first-order valence-corrected chi connectivity index (χ1v) is 11.7. The van der Waals surface area contributed by atoms with E-state index in [1.54, 1.807) is 0 Å². The molecule has 0 amide bonds. The summed E-state index contributed by atoms with van der Waals surface area (Å²) in [5.41, 5.74) is 0.137. The maximum absolute atomic E-state index is 11.4. The molecule has 0 heterocycles. The van der Waals surface area contributed by atoms with Crippen molar-refractivity contribution in [2.75, 3.05) is 13.2 Å². The van der Waals surface area contributed by atoms with Gasteiger partial charge < -0.3 is 14.6 Å². The Morgan fingerprint density at radius 3 is 2.28 bits per heavy atom. The zero-order valence-electron chi connectivity index (χ0n) is 18.4. The van der Waals surface area contributed by atoms with Gasteiger partial charge in [0.2, 0.25) is 0 Å². The summed E-state index contributed by atoms with van der Waals surface area (Å²) >= 11 is 0. The van der Waals surface area contributed by atoms with Crippen molar-refractivity contribution >= 4 is 5.97 Å². The molecule has 2 saturated carbocycles. The molecular formula is C25H42O4. The quantitative estimate of drug-likeness (QED) is 0.193. The van der Waals surface area contributed by atoms with Crippen LogP contribution in [0, 0.1) is 23.2 Å². The van der Waals surface area contributed by atoms with Gasteiger partial charge in [0.05, 0.1) is 13.2 Å². The Hall–Kier alpha value is -1.13. The van der Waals surface area contributed by atoms with Crippen molar-refractivity contribution in [2.24, 2.45) is 23.2 Å². The van der Waals surface area contributed by atoms with Gasteiger partial charge in [0.25, 0.3) is 0 Å². The molecule has 2 fully saturated rings. The minimum Gasteiger partial charge on any atom is -0.463 e. The van der Waals surface area contributed by atoms with Crippen molar-refractivity contribution in [3.8, 4) is 0 Å². The summed E-state index contributed by atoms with van der Waals surface area (Å²) in [6.45, 7) is 10.3. The molecule has 0 spiro atoms. The summed E-state index contributed by atoms with van der Waals surface area (Å²) in [5, 5.41) is 9.60. The van der Waals surface area contributed by atoms with Crippen LogP contribution < -0.4 is 0 Å². The summed E-state index contributed by atoms with van der Waals surface area (Å²) in [5.74, 6) is 2.36. The van der Waals surface area contributed by atoms with Crippen molar-refractivity contribution in [3.05, 3.63) is 25.3 Å². The molecule has 0 aromatic rings. The second-order valence-corrected chi connectivity index (χ2v) is 9.28. The third-order valence-electron chi connectivity index (χ3n) is 7.51. The minimum atomic E-state index is -0.903. The molecule has 1 N–H and O–H groups in total. The highest BCUT2D eigenvalue weighted by Crippen LogP contribution is 2.49. The van der Waals surface area contributed by atoms with Gasteiger partial charge in [0, 0.05) is 6.08 Å². The van der Waals surface area contributed by atoms with Crippen LogP contribution in [0.25, 0.3) is 0 Å². The van der Waals surface area contributed by atoms with Crippen molar-refractivity contribution in [1.82, 2.24) is 0 Å². The second-order valence-electron chi connectivity index (χ2n) is 9.28. The fourth-order valence-electron chi connectivity index (χ4n) is 5.60. The lowest BCUT2D eigenvalue weighted by atomic mass is 9.62. The minimum absolute atomic E-state index is 0.137. The Kier molecular flexibility index (Phi) is 10.4. The van der Waals surface area contributed by atoms with Crippen LogP contribution >= 0.6 is 0 Å².